The highest BCUT2D eigenvalue weighted by atomic mass is 16.1. The molecular weight excluding hydrogens is 236 g/mol. The summed E-state index contributed by atoms with van der Waals surface area (Å²) in [7, 11) is 0. The first kappa shape index (κ1) is 14.1. The molecule has 1 saturated heterocycles. The molecule has 2 unspecified atom stereocenters. The molecule has 0 saturated carbocycles. The highest BCUT2D eigenvalue weighted by Gasteiger charge is 2.27. The lowest BCUT2D eigenvalue weighted by atomic mass is 9.86. The Morgan fingerprint density at radius 2 is 2.11 bits per heavy atom. The van der Waals surface area contributed by atoms with Crippen LogP contribution in [0.1, 0.15) is 38.2 Å². The minimum atomic E-state index is 0.171. The highest BCUT2D eigenvalue weighted by Crippen LogP contribution is 2.25. The zero-order valence-corrected chi connectivity index (χ0v) is 11.9. The van der Waals surface area contributed by atoms with Crippen LogP contribution in [0.3, 0.4) is 0 Å². The van der Waals surface area contributed by atoms with E-state index in [9.17, 15) is 4.79 Å². The van der Waals surface area contributed by atoms with Crippen LogP contribution in [0.2, 0.25) is 0 Å². The van der Waals surface area contributed by atoms with Crippen LogP contribution < -0.4 is 10.6 Å². The lowest BCUT2D eigenvalue weighted by Gasteiger charge is -2.33. The second-order valence-electron chi connectivity index (χ2n) is 5.78. The van der Waals surface area contributed by atoms with Gasteiger partial charge in [0.05, 0.1) is 0 Å². The minimum Gasteiger partial charge on any atom is -0.351 e. The van der Waals surface area contributed by atoms with Gasteiger partial charge < -0.3 is 10.6 Å². The third-order valence-corrected chi connectivity index (χ3v) is 3.65. The molecule has 2 atom stereocenters. The van der Waals surface area contributed by atoms with Crippen LogP contribution in [0.4, 0.5) is 0 Å². The molecule has 3 heteroatoms. The van der Waals surface area contributed by atoms with Crippen molar-refractivity contribution in [1.82, 2.24) is 10.6 Å². The molecule has 1 aromatic rings. The quantitative estimate of drug-likeness (QED) is 0.872. The van der Waals surface area contributed by atoms with Crippen molar-refractivity contribution in [3.63, 3.8) is 0 Å². The van der Waals surface area contributed by atoms with Gasteiger partial charge in [0.25, 0.3) is 0 Å². The van der Waals surface area contributed by atoms with Gasteiger partial charge in [0.1, 0.15) is 0 Å². The molecule has 1 aromatic carbocycles. The summed E-state index contributed by atoms with van der Waals surface area (Å²) in [6, 6.07) is 10.7. The van der Waals surface area contributed by atoms with Crippen LogP contribution in [0.5, 0.6) is 0 Å². The summed E-state index contributed by atoms with van der Waals surface area (Å²) in [6.45, 7) is 6.04. The van der Waals surface area contributed by atoms with Crippen molar-refractivity contribution in [3.05, 3.63) is 35.9 Å². The van der Waals surface area contributed by atoms with Crippen molar-refractivity contribution in [1.29, 1.82) is 0 Å². The maximum Gasteiger partial charge on any atom is 0.220 e. The Labute approximate surface area is 115 Å². The van der Waals surface area contributed by atoms with Crippen LogP contribution >= 0.6 is 0 Å². The van der Waals surface area contributed by atoms with E-state index < -0.39 is 0 Å². The molecule has 2 N–H and O–H groups in total. The topological polar surface area (TPSA) is 41.1 Å². The Morgan fingerprint density at radius 1 is 1.37 bits per heavy atom. The first-order valence-corrected chi connectivity index (χ1v) is 7.22. The second-order valence-corrected chi connectivity index (χ2v) is 5.78. The molecule has 0 aliphatic carbocycles. The van der Waals surface area contributed by atoms with E-state index >= 15 is 0 Å². The standard InChI is InChI=1S/C16H24N2O/c1-12(2)10-16(19)18-15-11-17-9-8-14(15)13-6-4-3-5-7-13/h3-7,12,14-15,17H,8-11H2,1-2H3,(H,18,19). The molecule has 1 heterocycles. The zero-order valence-electron chi connectivity index (χ0n) is 11.9. The van der Waals surface area contributed by atoms with Crippen molar-refractivity contribution in [2.75, 3.05) is 13.1 Å². The van der Waals surface area contributed by atoms with Gasteiger partial charge in [-0.1, -0.05) is 44.2 Å². The first-order chi connectivity index (χ1) is 9.16. The fourth-order valence-electron chi connectivity index (χ4n) is 2.75. The molecule has 104 valence electrons. The molecule has 1 fully saturated rings. The normalized spacial score (nSPS) is 23.3. The Morgan fingerprint density at radius 3 is 2.79 bits per heavy atom. The number of benzene rings is 1. The molecule has 3 nitrogen and oxygen atoms in total. The summed E-state index contributed by atoms with van der Waals surface area (Å²) in [5, 5.41) is 6.58. The summed E-state index contributed by atoms with van der Waals surface area (Å²) in [5.74, 6) is 1.01. The number of hydrogen-bond acceptors (Lipinski definition) is 2. The maximum atomic E-state index is 12.0. The molecule has 0 radical (unpaired) electrons. The monoisotopic (exact) mass is 260 g/mol. The minimum absolute atomic E-state index is 0.171. The number of carbonyl (C=O) groups excluding carboxylic acids is 1. The number of nitrogens with one attached hydrogen (secondary N) is 2. The van der Waals surface area contributed by atoms with Crippen molar-refractivity contribution in [2.24, 2.45) is 5.92 Å². The van der Waals surface area contributed by atoms with Crippen LogP contribution in [0.15, 0.2) is 30.3 Å². The van der Waals surface area contributed by atoms with Gasteiger partial charge in [-0.15, -0.1) is 0 Å². The average Bonchev–Trinajstić information content (AvgIpc) is 2.39. The maximum absolute atomic E-state index is 12.0. The van der Waals surface area contributed by atoms with Gasteiger partial charge in [0.2, 0.25) is 5.91 Å². The summed E-state index contributed by atoms with van der Waals surface area (Å²) >= 11 is 0. The van der Waals surface area contributed by atoms with E-state index in [-0.39, 0.29) is 11.9 Å². The predicted molar refractivity (Wildman–Crippen MR) is 78.1 cm³/mol. The van der Waals surface area contributed by atoms with E-state index in [0.29, 0.717) is 18.3 Å². The number of piperidine rings is 1. The summed E-state index contributed by atoms with van der Waals surface area (Å²) in [6.07, 6.45) is 1.69. The van der Waals surface area contributed by atoms with E-state index in [4.69, 9.17) is 0 Å². The average molecular weight is 260 g/mol. The molecule has 1 amide bonds. The number of hydrogen-bond donors (Lipinski definition) is 2. The van der Waals surface area contributed by atoms with Crippen molar-refractivity contribution in [2.45, 2.75) is 38.6 Å². The lowest BCUT2D eigenvalue weighted by Crippen LogP contribution is -2.50. The highest BCUT2D eigenvalue weighted by molar-refractivity contribution is 5.76. The van der Waals surface area contributed by atoms with Gasteiger partial charge in [-0.25, -0.2) is 0 Å². The smallest absolute Gasteiger partial charge is 0.220 e. The number of amides is 1. The van der Waals surface area contributed by atoms with Crippen LogP contribution in [-0.4, -0.2) is 25.0 Å². The van der Waals surface area contributed by atoms with Gasteiger partial charge in [-0.2, -0.15) is 0 Å². The Hall–Kier alpha value is -1.35. The molecule has 2 rings (SSSR count). The third-order valence-electron chi connectivity index (χ3n) is 3.65. The van der Waals surface area contributed by atoms with E-state index in [1.54, 1.807) is 0 Å². The first-order valence-electron chi connectivity index (χ1n) is 7.22. The molecule has 0 spiro atoms. The van der Waals surface area contributed by atoms with Crippen LogP contribution in [-0.2, 0) is 4.79 Å². The van der Waals surface area contributed by atoms with E-state index in [1.165, 1.54) is 5.56 Å². The Bertz CT molecular complexity index is 402. The predicted octanol–water partition coefficient (Wildman–Crippen LogP) is 2.29. The van der Waals surface area contributed by atoms with Gasteiger partial charge >= 0.3 is 0 Å². The van der Waals surface area contributed by atoms with Crippen molar-refractivity contribution in [3.8, 4) is 0 Å². The molecule has 1 aliphatic heterocycles. The van der Waals surface area contributed by atoms with Gasteiger partial charge in [0.15, 0.2) is 0 Å². The van der Waals surface area contributed by atoms with E-state index in [1.807, 2.05) is 6.07 Å². The zero-order chi connectivity index (χ0) is 13.7. The third kappa shape index (κ3) is 4.06. The summed E-state index contributed by atoms with van der Waals surface area (Å²) in [4.78, 5) is 12.0. The summed E-state index contributed by atoms with van der Waals surface area (Å²) < 4.78 is 0. The van der Waals surface area contributed by atoms with Gasteiger partial charge in [0, 0.05) is 24.9 Å². The Balaban J connectivity index is 2.02. The fourth-order valence-corrected chi connectivity index (χ4v) is 2.75. The molecule has 0 bridgehead atoms. The van der Waals surface area contributed by atoms with Crippen molar-refractivity contribution < 1.29 is 4.79 Å². The number of rotatable bonds is 4. The van der Waals surface area contributed by atoms with Gasteiger partial charge in [-0.3, -0.25) is 4.79 Å². The largest absolute Gasteiger partial charge is 0.351 e. The Kier molecular flexibility index (Phi) is 4.97. The van der Waals surface area contributed by atoms with Crippen molar-refractivity contribution >= 4 is 5.91 Å². The SMILES string of the molecule is CC(C)CC(=O)NC1CNCCC1c1ccccc1. The number of carbonyl (C=O) groups is 1. The van der Waals surface area contributed by atoms with Crippen LogP contribution in [0.25, 0.3) is 0 Å². The molecule has 1 aliphatic rings. The second kappa shape index (κ2) is 6.71. The van der Waals surface area contributed by atoms with E-state index in [2.05, 4.69) is 48.7 Å². The van der Waals surface area contributed by atoms with Gasteiger partial charge in [-0.05, 0) is 24.4 Å². The van der Waals surface area contributed by atoms with Crippen LogP contribution in [0, 0.1) is 5.92 Å². The summed E-state index contributed by atoms with van der Waals surface area (Å²) in [5.41, 5.74) is 1.33. The fraction of sp³-hybridized carbons (Fsp3) is 0.562. The molecule has 0 aromatic heterocycles. The molecule has 19 heavy (non-hydrogen) atoms. The molecular formula is C16H24N2O. The lowest BCUT2D eigenvalue weighted by molar-refractivity contribution is -0.122. The van der Waals surface area contributed by atoms with E-state index in [0.717, 1.165) is 19.5 Å².